The summed E-state index contributed by atoms with van der Waals surface area (Å²) < 4.78 is 18.5. The molecule has 452 valence electrons. The molecule has 7 N–H and O–H groups in total. The third kappa shape index (κ3) is 22.5. The minimum atomic E-state index is -0.655. The number of ketones is 3. The number of hydrogen-bond donors (Lipinski definition) is 7. The van der Waals surface area contributed by atoms with Crippen LogP contribution < -0.4 is 11.0 Å². The lowest BCUT2D eigenvalue weighted by Gasteiger charge is -2.27. The second-order valence-electron chi connectivity index (χ2n) is 18.6. The third-order valence-corrected chi connectivity index (χ3v) is 12.6. The highest BCUT2D eigenvalue weighted by atomic mass is 16.6. The number of aliphatic hydroxyl groups excluding tert-OH is 5. The SMILES string of the molecule is CCCC(=NOCC)C1=C(O)CC(C(=O)OC)CC1=O.CCCC(=NOCC)C1=C(O)CC(C(=O)OC)CC1=O.CCCC(NOCC)C1=C(O)CC(C(=O)OC)C=C1O.CCCC(NOCC)C1=C(O)CC(C(=O)OC)CC1=O. The molecule has 0 heterocycles. The highest BCUT2D eigenvalue weighted by Crippen LogP contribution is 2.33. The molecular weight excluding hydrogens is 1050 g/mol. The first-order valence-corrected chi connectivity index (χ1v) is 27.3. The number of hydrogen-bond acceptors (Lipinski definition) is 24. The molecule has 0 spiro atoms. The van der Waals surface area contributed by atoms with Crippen LogP contribution in [0, 0.1) is 23.7 Å². The second kappa shape index (κ2) is 38.9. The maximum absolute atomic E-state index is 12.2. The summed E-state index contributed by atoms with van der Waals surface area (Å²) in [6.07, 6.45) is 7.69. The monoisotopic (exact) mass is 1140 g/mol. The van der Waals surface area contributed by atoms with E-state index in [1.807, 2.05) is 41.5 Å². The Balaban J connectivity index is 0.000000533. The van der Waals surface area contributed by atoms with Crippen LogP contribution in [0.3, 0.4) is 0 Å². The third-order valence-electron chi connectivity index (χ3n) is 12.6. The zero-order valence-corrected chi connectivity index (χ0v) is 48.7. The lowest BCUT2D eigenvalue weighted by molar-refractivity contribution is -0.148. The highest BCUT2D eigenvalue weighted by molar-refractivity contribution is 6.24. The molecule has 6 unspecified atom stereocenters. The van der Waals surface area contributed by atoms with Crippen LogP contribution >= 0.6 is 0 Å². The first-order valence-electron chi connectivity index (χ1n) is 27.3. The molecule has 24 nitrogen and oxygen atoms in total. The van der Waals surface area contributed by atoms with Crippen molar-refractivity contribution in [2.75, 3.05) is 54.9 Å². The molecule has 0 radical (unpaired) electrons. The summed E-state index contributed by atoms with van der Waals surface area (Å²) in [5, 5.41) is 58.3. The lowest BCUT2D eigenvalue weighted by atomic mass is 9.83. The van der Waals surface area contributed by atoms with Crippen molar-refractivity contribution in [3.05, 3.63) is 57.2 Å². The molecule has 0 amide bonds. The minimum absolute atomic E-state index is 0.00828. The second-order valence-corrected chi connectivity index (χ2v) is 18.6. The molecule has 4 aliphatic carbocycles. The van der Waals surface area contributed by atoms with Gasteiger partial charge in [-0.25, -0.2) is 0 Å². The van der Waals surface area contributed by atoms with E-state index in [2.05, 4.69) is 40.2 Å². The first-order chi connectivity index (χ1) is 38.2. The zero-order chi connectivity index (χ0) is 60.5. The number of carbonyl (C=O) groups excluding carboxylic acids is 7. The summed E-state index contributed by atoms with van der Waals surface area (Å²) >= 11 is 0. The van der Waals surface area contributed by atoms with Gasteiger partial charge in [0.05, 0.1) is 111 Å². The lowest BCUT2D eigenvalue weighted by Crippen LogP contribution is -2.38. The van der Waals surface area contributed by atoms with Crippen molar-refractivity contribution >= 4 is 52.7 Å². The highest BCUT2D eigenvalue weighted by Gasteiger charge is 2.38. The van der Waals surface area contributed by atoms with Gasteiger partial charge in [0.25, 0.3) is 0 Å². The Morgan fingerprint density at radius 3 is 1.16 bits per heavy atom. The van der Waals surface area contributed by atoms with Crippen molar-refractivity contribution in [3.63, 3.8) is 0 Å². The van der Waals surface area contributed by atoms with Crippen LogP contribution in [0.4, 0.5) is 0 Å². The van der Waals surface area contributed by atoms with E-state index in [4.69, 9.17) is 19.4 Å². The number of methoxy groups -OCH3 is 4. The van der Waals surface area contributed by atoms with Gasteiger partial charge < -0.3 is 63.8 Å². The molecule has 0 aromatic rings. The van der Waals surface area contributed by atoms with E-state index in [9.17, 15) is 59.1 Å². The Bertz CT molecular complexity index is 2190. The van der Waals surface area contributed by atoms with Gasteiger partial charge in [-0.15, -0.1) is 0 Å². The largest absolute Gasteiger partial charge is 0.512 e. The van der Waals surface area contributed by atoms with E-state index < -0.39 is 47.5 Å². The van der Waals surface area contributed by atoms with E-state index in [-0.39, 0.29) is 114 Å². The summed E-state index contributed by atoms with van der Waals surface area (Å²) in [5.41, 5.74) is 7.63. The number of oxime groups is 2. The number of Topliss-reactive ketones (excluding diaryl/α,β-unsaturated/α-hetero) is 3. The van der Waals surface area contributed by atoms with E-state index in [1.54, 1.807) is 13.8 Å². The summed E-state index contributed by atoms with van der Waals surface area (Å²) in [4.78, 5) is 103. The maximum atomic E-state index is 12.2. The van der Waals surface area contributed by atoms with E-state index in [0.29, 0.717) is 74.7 Å². The molecule has 0 saturated heterocycles. The van der Waals surface area contributed by atoms with Crippen molar-refractivity contribution in [1.29, 1.82) is 0 Å². The van der Waals surface area contributed by atoms with Crippen LogP contribution in [-0.2, 0) is 71.9 Å². The van der Waals surface area contributed by atoms with Gasteiger partial charge in [-0.3, -0.25) is 33.6 Å². The van der Waals surface area contributed by atoms with Gasteiger partial charge in [-0.1, -0.05) is 63.7 Å². The zero-order valence-electron chi connectivity index (χ0n) is 48.7. The molecule has 0 bridgehead atoms. The molecule has 24 heteroatoms. The normalized spacial score (nSPS) is 20.4. The number of carbonyl (C=O) groups is 7. The molecule has 80 heavy (non-hydrogen) atoms. The van der Waals surface area contributed by atoms with Crippen molar-refractivity contribution in [1.82, 2.24) is 11.0 Å². The number of hydroxylamine groups is 2. The number of nitrogens with zero attached hydrogens (tertiary/aromatic N) is 2. The van der Waals surface area contributed by atoms with Crippen LogP contribution in [-0.4, -0.2) is 145 Å². The number of esters is 4. The predicted molar refractivity (Wildman–Crippen MR) is 294 cm³/mol. The Hall–Kier alpha value is -6.63. The molecule has 0 saturated carbocycles. The van der Waals surface area contributed by atoms with E-state index in [1.165, 1.54) is 34.5 Å². The van der Waals surface area contributed by atoms with Gasteiger partial charge in [0.2, 0.25) is 0 Å². The van der Waals surface area contributed by atoms with Crippen molar-refractivity contribution in [3.8, 4) is 0 Å². The van der Waals surface area contributed by atoms with Crippen LogP contribution in [0.5, 0.6) is 0 Å². The number of aliphatic hydroxyl groups is 5. The molecule has 0 aromatic heterocycles. The van der Waals surface area contributed by atoms with Gasteiger partial charge in [0.15, 0.2) is 17.3 Å². The summed E-state index contributed by atoms with van der Waals surface area (Å²) in [7, 11) is 5.09. The van der Waals surface area contributed by atoms with Gasteiger partial charge in [-0.05, 0) is 59.5 Å². The molecule has 4 rings (SSSR count). The van der Waals surface area contributed by atoms with Gasteiger partial charge in [-0.2, -0.15) is 11.0 Å². The summed E-state index contributed by atoms with van der Waals surface area (Å²) in [5.74, 6) is -5.58. The van der Waals surface area contributed by atoms with Crippen LogP contribution in [0.25, 0.3) is 0 Å². The predicted octanol–water partition coefficient (Wildman–Crippen LogP) is 8.09. The fraction of sp³-hybridized carbons (Fsp3) is 0.661. The Morgan fingerprint density at radius 2 is 0.850 bits per heavy atom. The average Bonchev–Trinajstić information content (AvgIpc) is 3.43. The molecular formula is C56H88N4O20. The quantitative estimate of drug-likeness (QED) is 0.0186. The van der Waals surface area contributed by atoms with Gasteiger partial charge in [0, 0.05) is 44.9 Å². The fourth-order valence-corrected chi connectivity index (χ4v) is 8.90. The average molecular weight is 1140 g/mol. The Morgan fingerprint density at radius 1 is 0.487 bits per heavy atom. The maximum Gasteiger partial charge on any atom is 0.313 e. The number of allylic oxidation sites excluding steroid dienone is 6. The smallest absolute Gasteiger partial charge is 0.313 e. The summed E-state index contributed by atoms with van der Waals surface area (Å²) in [6, 6.07) is -0.652. The van der Waals surface area contributed by atoms with Crippen molar-refractivity contribution in [2.24, 2.45) is 34.0 Å². The van der Waals surface area contributed by atoms with Crippen molar-refractivity contribution in [2.45, 2.75) is 164 Å². The first kappa shape index (κ1) is 71.4. The molecule has 0 fully saturated rings. The molecule has 0 aromatic carbocycles. The Kier molecular flexibility index (Phi) is 34.7. The number of ether oxygens (including phenoxy) is 4. The number of rotatable bonds is 26. The minimum Gasteiger partial charge on any atom is -0.512 e. The van der Waals surface area contributed by atoms with Crippen LogP contribution in [0.1, 0.15) is 152 Å². The standard InChI is InChI=1S/2C14H23NO5.2C14H21NO5/c4*1-4-6-10(15-20-5-2)13-11(16)7-9(8-12(13)17)14(18)19-3/h9-10,15-16H,4-8H2,1-3H3;7,9-10,15-17H,4-6,8H2,1-3H3;2*9,16H,4-8H2,1-3H3. The van der Waals surface area contributed by atoms with Crippen molar-refractivity contribution < 1.29 is 97.4 Å². The van der Waals surface area contributed by atoms with E-state index >= 15 is 0 Å². The summed E-state index contributed by atoms with van der Waals surface area (Å²) in [6.45, 7) is 16.9. The molecule has 6 atom stereocenters. The number of nitrogens with one attached hydrogen (secondary N) is 2. The van der Waals surface area contributed by atoms with Gasteiger partial charge >= 0.3 is 23.9 Å². The van der Waals surface area contributed by atoms with Crippen LogP contribution in [0.2, 0.25) is 0 Å². The van der Waals surface area contributed by atoms with Gasteiger partial charge in [0.1, 0.15) is 42.0 Å². The molecule has 0 aliphatic heterocycles. The Labute approximate surface area is 469 Å². The van der Waals surface area contributed by atoms with Crippen LogP contribution in [0.15, 0.2) is 67.5 Å². The fourth-order valence-electron chi connectivity index (χ4n) is 8.90. The topological polar surface area (TPSA) is 343 Å². The molecule has 4 aliphatic rings. The van der Waals surface area contributed by atoms with E-state index in [0.717, 1.165) is 25.7 Å².